The van der Waals surface area contributed by atoms with E-state index in [2.05, 4.69) is 5.32 Å². The summed E-state index contributed by atoms with van der Waals surface area (Å²) >= 11 is 0. The van der Waals surface area contributed by atoms with Gasteiger partial charge in [-0.2, -0.15) is 0 Å². The first kappa shape index (κ1) is 14.7. The van der Waals surface area contributed by atoms with Gasteiger partial charge in [-0.25, -0.2) is 0 Å². The van der Waals surface area contributed by atoms with E-state index in [1.165, 1.54) is 0 Å². The molecule has 0 aromatic heterocycles. The molecule has 16 heavy (non-hydrogen) atoms. The van der Waals surface area contributed by atoms with Gasteiger partial charge in [0.2, 0.25) is 5.91 Å². The summed E-state index contributed by atoms with van der Waals surface area (Å²) < 4.78 is 5.46. The Morgan fingerprint density at radius 2 is 1.94 bits per heavy atom. The number of halogens is 1. The fourth-order valence-corrected chi connectivity index (χ4v) is 1.10. The fourth-order valence-electron chi connectivity index (χ4n) is 1.10. The Morgan fingerprint density at radius 1 is 1.38 bits per heavy atom. The van der Waals surface area contributed by atoms with Crippen LogP contribution in [0.4, 0.5) is 5.69 Å². The van der Waals surface area contributed by atoms with Gasteiger partial charge in [0.1, 0.15) is 5.75 Å². The van der Waals surface area contributed by atoms with E-state index in [1.807, 2.05) is 26.0 Å². The second-order valence-electron chi connectivity index (χ2n) is 3.44. The van der Waals surface area contributed by atoms with Crippen LogP contribution in [0.15, 0.2) is 24.3 Å². The van der Waals surface area contributed by atoms with Gasteiger partial charge in [-0.3, -0.25) is 4.79 Å². The fraction of sp³-hybridized carbons (Fsp3) is 0.364. The van der Waals surface area contributed by atoms with Crippen LogP contribution in [0.5, 0.6) is 5.75 Å². The maximum absolute atomic E-state index is 11.0. The van der Waals surface area contributed by atoms with Crippen molar-refractivity contribution in [3.05, 3.63) is 24.3 Å². The molecule has 1 rings (SSSR count). The van der Waals surface area contributed by atoms with E-state index < -0.39 is 0 Å². The number of hydrogen-bond acceptors (Lipinski definition) is 3. The molecule has 0 unspecified atom stereocenters. The van der Waals surface area contributed by atoms with Gasteiger partial charge >= 0.3 is 0 Å². The van der Waals surface area contributed by atoms with Crippen molar-refractivity contribution in [2.75, 3.05) is 11.9 Å². The molecule has 0 aliphatic rings. The summed E-state index contributed by atoms with van der Waals surface area (Å²) in [5.41, 5.74) is 5.90. The highest BCUT2D eigenvalue weighted by atomic mass is 35.5. The van der Waals surface area contributed by atoms with E-state index >= 15 is 0 Å². The van der Waals surface area contributed by atoms with Gasteiger partial charge in [-0.15, -0.1) is 12.4 Å². The molecule has 0 bridgehead atoms. The highest BCUT2D eigenvalue weighted by Gasteiger charge is 2.00. The normalized spacial score (nSPS) is 9.50. The Kier molecular flexibility index (Phi) is 6.53. The van der Waals surface area contributed by atoms with Gasteiger partial charge in [-0.05, 0) is 38.1 Å². The Balaban J connectivity index is 0.00000225. The van der Waals surface area contributed by atoms with Gasteiger partial charge in [0.05, 0.1) is 12.6 Å². The lowest BCUT2D eigenvalue weighted by molar-refractivity contribution is -0.114. The van der Waals surface area contributed by atoms with Crippen LogP contribution in [0, 0.1) is 0 Å². The van der Waals surface area contributed by atoms with Crippen molar-refractivity contribution in [3.63, 3.8) is 0 Å². The number of carbonyl (C=O) groups excluding carboxylic acids is 1. The number of nitrogens with two attached hydrogens (primary N) is 1. The standard InChI is InChI=1S/C11H16N2O2.ClH/c1-8(2)15-10-5-3-9(4-6-10)13-11(14)7-12;/h3-6,8H,7,12H2,1-2H3,(H,13,14);1H. The SMILES string of the molecule is CC(C)Oc1ccc(NC(=O)CN)cc1.Cl. The first-order valence-corrected chi connectivity index (χ1v) is 4.88. The van der Waals surface area contributed by atoms with Crippen LogP contribution in [0.1, 0.15) is 13.8 Å². The van der Waals surface area contributed by atoms with E-state index in [4.69, 9.17) is 10.5 Å². The molecule has 0 saturated heterocycles. The number of carbonyl (C=O) groups is 1. The second kappa shape index (κ2) is 7.09. The van der Waals surface area contributed by atoms with Crippen molar-refractivity contribution in [1.29, 1.82) is 0 Å². The molecule has 0 aliphatic heterocycles. The highest BCUT2D eigenvalue weighted by molar-refractivity contribution is 5.92. The van der Waals surface area contributed by atoms with Gasteiger partial charge in [0.15, 0.2) is 0 Å². The summed E-state index contributed by atoms with van der Waals surface area (Å²) in [6.07, 6.45) is 0.148. The number of ether oxygens (including phenoxy) is 1. The minimum atomic E-state index is -0.201. The van der Waals surface area contributed by atoms with Crippen molar-refractivity contribution >= 4 is 24.0 Å². The van der Waals surface area contributed by atoms with Crippen molar-refractivity contribution in [1.82, 2.24) is 0 Å². The first-order valence-electron chi connectivity index (χ1n) is 4.88. The second-order valence-corrected chi connectivity index (χ2v) is 3.44. The Labute approximate surface area is 102 Å². The molecule has 1 aromatic carbocycles. The Bertz CT molecular complexity index is 325. The van der Waals surface area contributed by atoms with Gasteiger partial charge < -0.3 is 15.8 Å². The number of anilines is 1. The summed E-state index contributed by atoms with van der Waals surface area (Å²) in [4.78, 5) is 11.0. The molecule has 0 spiro atoms. The predicted molar refractivity (Wildman–Crippen MR) is 67.1 cm³/mol. The summed E-state index contributed by atoms with van der Waals surface area (Å²) in [7, 11) is 0. The van der Waals surface area contributed by atoms with Crippen molar-refractivity contribution in [2.45, 2.75) is 20.0 Å². The zero-order chi connectivity index (χ0) is 11.3. The summed E-state index contributed by atoms with van der Waals surface area (Å²) in [5, 5.41) is 2.65. The third-order valence-corrected chi connectivity index (χ3v) is 1.70. The number of nitrogens with one attached hydrogen (secondary N) is 1. The Morgan fingerprint density at radius 3 is 2.38 bits per heavy atom. The zero-order valence-corrected chi connectivity index (χ0v) is 10.2. The smallest absolute Gasteiger partial charge is 0.238 e. The van der Waals surface area contributed by atoms with Crippen LogP contribution in [0.2, 0.25) is 0 Å². The molecule has 4 nitrogen and oxygen atoms in total. The average Bonchev–Trinajstić information content (AvgIpc) is 2.20. The van der Waals surface area contributed by atoms with Crippen molar-refractivity contribution < 1.29 is 9.53 Å². The summed E-state index contributed by atoms with van der Waals surface area (Å²) in [5.74, 6) is 0.586. The molecule has 0 atom stereocenters. The predicted octanol–water partition coefficient (Wildman–Crippen LogP) is 1.79. The van der Waals surface area contributed by atoms with E-state index in [1.54, 1.807) is 12.1 Å². The summed E-state index contributed by atoms with van der Waals surface area (Å²) in [6, 6.07) is 7.19. The largest absolute Gasteiger partial charge is 0.491 e. The molecule has 5 heteroatoms. The third-order valence-electron chi connectivity index (χ3n) is 1.70. The molecular weight excluding hydrogens is 228 g/mol. The minimum absolute atomic E-state index is 0. The lowest BCUT2D eigenvalue weighted by Gasteiger charge is -2.10. The van der Waals surface area contributed by atoms with E-state index in [0.717, 1.165) is 11.4 Å². The Hall–Kier alpha value is -1.26. The topological polar surface area (TPSA) is 64.3 Å². The molecule has 1 aromatic rings. The quantitative estimate of drug-likeness (QED) is 0.849. The lowest BCUT2D eigenvalue weighted by Crippen LogP contribution is -2.21. The van der Waals surface area contributed by atoms with Crippen LogP contribution in [-0.4, -0.2) is 18.6 Å². The summed E-state index contributed by atoms with van der Waals surface area (Å²) in [6.45, 7) is 3.92. The monoisotopic (exact) mass is 244 g/mol. The minimum Gasteiger partial charge on any atom is -0.491 e. The molecule has 0 aliphatic carbocycles. The molecule has 1 amide bonds. The first-order chi connectivity index (χ1) is 7.11. The maximum atomic E-state index is 11.0. The average molecular weight is 245 g/mol. The van der Waals surface area contributed by atoms with Crippen LogP contribution < -0.4 is 15.8 Å². The van der Waals surface area contributed by atoms with E-state index in [9.17, 15) is 4.79 Å². The van der Waals surface area contributed by atoms with Crippen molar-refractivity contribution in [3.8, 4) is 5.75 Å². The number of hydrogen-bond donors (Lipinski definition) is 2. The number of amides is 1. The molecule has 0 fully saturated rings. The highest BCUT2D eigenvalue weighted by Crippen LogP contribution is 2.16. The number of rotatable bonds is 4. The van der Waals surface area contributed by atoms with E-state index in [0.29, 0.717) is 0 Å². The maximum Gasteiger partial charge on any atom is 0.238 e. The molecule has 90 valence electrons. The molecule has 0 radical (unpaired) electrons. The molecule has 0 saturated carbocycles. The third kappa shape index (κ3) is 5.00. The van der Waals surface area contributed by atoms with Crippen molar-refractivity contribution in [2.24, 2.45) is 5.73 Å². The number of benzene rings is 1. The van der Waals surface area contributed by atoms with Gasteiger partial charge in [0, 0.05) is 5.69 Å². The van der Waals surface area contributed by atoms with Crippen LogP contribution in [-0.2, 0) is 4.79 Å². The van der Waals surface area contributed by atoms with Crippen LogP contribution in [0.25, 0.3) is 0 Å². The molecule has 0 heterocycles. The molecular formula is C11H17ClN2O2. The molecule has 3 N–H and O–H groups in total. The van der Waals surface area contributed by atoms with Crippen LogP contribution >= 0.6 is 12.4 Å². The van der Waals surface area contributed by atoms with Gasteiger partial charge in [0.25, 0.3) is 0 Å². The van der Waals surface area contributed by atoms with E-state index in [-0.39, 0.29) is 31.0 Å². The van der Waals surface area contributed by atoms with Gasteiger partial charge in [-0.1, -0.05) is 0 Å². The van der Waals surface area contributed by atoms with Crippen LogP contribution in [0.3, 0.4) is 0 Å². The zero-order valence-electron chi connectivity index (χ0n) is 9.40. The lowest BCUT2D eigenvalue weighted by atomic mass is 10.3.